The second-order valence-corrected chi connectivity index (χ2v) is 7.24. The van der Waals surface area contributed by atoms with Crippen molar-refractivity contribution in [1.82, 2.24) is 30.3 Å². The molecule has 142 valence electrons. The highest BCUT2D eigenvalue weighted by atomic mass is 32.2. The van der Waals surface area contributed by atoms with Crippen molar-refractivity contribution in [3.05, 3.63) is 54.2 Å². The van der Waals surface area contributed by atoms with Crippen LogP contribution in [0.4, 0.5) is 4.39 Å². The molecule has 0 bridgehead atoms. The first-order valence-electron chi connectivity index (χ1n) is 8.35. The number of benzene rings is 1. The van der Waals surface area contributed by atoms with E-state index in [1.54, 1.807) is 29.2 Å². The van der Waals surface area contributed by atoms with Gasteiger partial charge in [-0.1, -0.05) is 43.8 Å². The van der Waals surface area contributed by atoms with Crippen LogP contribution in [0.25, 0.3) is 0 Å². The lowest BCUT2D eigenvalue weighted by Gasteiger charge is -2.18. The molecule has 0 fully saturated rings. The zero-order valence-corrected chi connectivity index (χ0v) is 15.7. The molecular weight excluding hydrogens is 371 g/mol. The van der Waals surface area contributed by atoms with Crippen LogP contribution in [0, 0.1) is 11.7 Å². The Labute approximate surface area is 159 Å². The third-order valence-corrected chi connectivity index (χ3v) is 5.09. The fourth-order valence-corrected chi connectivity index (χ4v) is 3.24. The minimum absolute atomic E-state index is 0.0151. The fourth-order valence-electron chi connectivity index (χ4n) is 2.33. The van der Waals surface area contributed by atoms with Crippen molar-refractivity contribution in [3.63, 3.8) is 0 Å². The summed E-state index contributed by atoms with van der Waals surface area (Å²) in [6.45, 7) is 4.27. The van der Waals surface area contributed by atoms with E-state index in [0.29, 0.717) is 23.2 Å². The average molecular weight is 390 g/mol. The Kier molecular flexibility index (Phi) is 6.17. The number of thioether (sulfide) groups is 1. The molecule has 0 aliphatic carbocycles. The number of halogens is 1. The average Bonchev–Trinajstić information content (AvgIpc) is 3.31. The topological polar surface area (TPSA) is 98.7 Å². The summed E-state index contributed by atoms with van der Waals surface area (Å²) in [6, 6.07) is 6.35. The Morgan fingerprint density at radius 1 is 1.33 bits per heavy atom. The van der Waals surface area contributed by atoms with Gasteiger partial charge in [0.05, 0.1) is 5.25 Å². The van der Waals surface area contributed by atoms with E-state index in [4.69, 9.17) is 4.42 Å². The first-order chi connectivity index (χ1) is 13.0. The van der Waals surface area contributed by atoms with Crippen LogP contribution in [0.5, 0.6) is 0 Å². The van der Waals surface area contributed by atoms with Crippen LogP contribution >= 0.6 is 11.8 Å². The molecule has 8 nitrogen and oxygen atoms in total. The molecule has 0 spiro atoms. The van der Waals surface area contributed by atoms with Crippen molar-refractivity contribution in [1.29, 1.82) is 0 Å². The van der Waals surface area contributed by atoms with Crippen LogP contribution in [0.1, 0.15) is 25.3 Å². The van der Waals surface area contributed by atoms with Gasteiger partial charge < -0.3 is 9.73 Å². The van der Waals surface area contributed by atoms with E-state index >= 15 is 0 Å². The molecule has 1 aromatic carbocycles. The van der Waals surface area contributed by atoms with E-state index in [9.17, 15) is 9.18 Å². The summed E-state index contributed by atoms with van der Waals surface area (Å²) < 4.78 is 20.8. The van der Waals surface area contributed by atoms with Gasteiger partial charge in [-0.25, -0.2) is 14.1 Å². The highest BCUT2D eigenvalue weighted by molar-refractivity contribution is 8.00. The van der Waals surface area contributed by atoms with E-state index in [1.807, 2.05) is 13.8 Å². The van der Waals surface area contributed by atoms with Gasteiger partial charge in [-0.3, -0.25) is 4.79 Å². The van der Waals surface area contributed by atoms with Gasteiger partial charge >= 0.3 is 0 Å². The Morgan fingerprint density at radius 2 is 2.15 bits per heavy atom. The highest BCUT2D eigenvalue weighted by Crippen LogP contribution is 2.27. The van der Waals surface area contributed by atoms with Crippen LogP contribution in [0.15, 0.2) is 46.6 Å². The van der Waals surface area contributed by atoms with Crippen molar-refractivity contribution >= 4 is 17.7 Å². The van der Waals surface area contributed by atoms with Crippen molar-refractivity contribution in [2.75, 3.05) is 0 Å². The molecule has 2 aromatic heterocycles. The standard InChI is InChI=1S/C17H19FN6O2S/c1-11(2)15(16(25)20-7-12-5-3-4-6-13(12)18)27-17-23-22-14(26-17)8-24-10-19-9-21-24/h3-6,9-11,15H,7-8H2,1-2H3,(H,20,25). The summed E-state index contributed by atoms with van der Waals surface area (Å²) in [5.41, 5.74) is 0.436. The normalized spacial score (nSPS) is 12.3. The van der Waals surface area contributed by atoms with Crippen LogP contribution in [-0.4, -0.2) is 36.1 Å². The number of hydrogen-bond donors (Lipinski definition) is 1. The van der Waals surface area contributed by atoms with Gasteiger partial charge in [0.2, 0.25) is 11.8 Å². The summed E-state index contributed by atoms with van der Waals surface area (Å²) in [6.07, 6.45) is 2.96. The Balaban J connectivity index is 1.61. The third kappa shape index (κ3) is 5.13. The molecule has 10 heteroatoms. The number of rotatable bonds is 8. The molecule has 1 N–H and O–H groups in total. The maximum atomic E-state index is 13.7. The minimum Gasteiger partial charge on any atom is -0.414 e. The van der Waals surface area contributed by atoms with E-state index in [1.165, 1.54) is 24.2 Å². The molecule has 1 atom stereocenters. The van der Waals surface area contributed by atoms with Gasteiger partial charge in [0.15, 0.2) is 0 Å². The predicted octanol–water partition coefficient (Wildman–Crippen LogP) is 2.28. The van der Waals surface area contributed by atoms with Gasteiger partial charge in [-0.05, 0) is 12.0 Å². The molecule has 0 aliphatic heterocycles. The molecule has 0 saturated heterocycles. The van der Waals surface area contributed by atoms with E-state index in [-0.39, 0.29) is 24.2 Å². The third-order valence-electron chi connectivity index (χ3n) is 3.71. The maximum Gasteiger partial charge on any atom is 0.277 e. The summed E-state index contributed by atoms with van der Waals surface area (Å²) in [5, 5.41) is 14.5. The predicted molar refractivity (Wildman–Crippen MR) is 96.2 cm³/mol. The molecule has 3 aromatic rings. The minimum atomic E-state index is -0.448. The molecule has 0 aliphatic rings. The number of nitrogens with one attached hydrogen (secondary N) is 1. The lowest BCUT2D eigenvalue weighted by Crippen LogP contribution is -2.35. The first kappa shape index (κ1) is 19.0. The number of nitrogens with zero attached hydrogens (tertiary/aromatic N) is 5. The summed E-state index contributed by atoms with van der Waals surface area (Å²) in [7, 11) is 0. The Hall–Kier alpha value is -2.75. The number of carbonyl (C=O) groups is 1. The second kappa shape index (κ2) is 8.76. The molecule has 1 amide bonds. The maximum absolute atomic E-state index is 13.7. The van der Waals surface area contributed by atoms with Gasteiger partial charge in [0.25, 0.3) is 5.22 Å². The quantitative estimate of drug-likeness (QED) is 0.589. The zero-order valence-electron chi connectivity index (χ0n) is 14.9. The smallest absolute Gasteiger partial charge is 0.277 e. The molecular formula is C17H19FN6O2S. The zero-order chi connectivity index (χ0) is 19.2. The van der Waals surface area contributed by atoms with Gasteiger partial charge in [-0.15, -0.1) is 10.2 Å². The van der Waals surface area contributed by atoms with Gasteiger partial charge in [-0.2, -0.15) is 5.10 Å². The fraction of sp³-hybridized carbons (Fsp3) is 0.353. The number of amides is 1. The molecule has 1 unspecified atom stereocenters. The highest BCUT2D eigenvalue weighted by Gasteiger charge is 2.26. The van der Waals surface area contributed by atoms with E-state index < -0.39 is 5.25 Å². The Morgan fingerprint density at radius 3 is 2.85 bits per heavy atom. The lowest BCUT2D eigenvalue weighted by atomic mass is 10.1. The monoisotopic (exact) mass is 390 g/mol. The molecule has 2 heterocycles. The van der Waals surface area contributed by atoms with Crippen LogP contribution < -0.4 is 5.32 Å². The van der Waals surface area contributed by atoms with Crippen molar-refractivity contribution in [2.45, 2.75) is 37.4 Å². The number of aromatic nitrogens is 5. The summed E-state index contributed by atoms with van der Waals surface area (Å²) in [5.74, 6) is -0.172. The molecule has 27 heavy (non-hydrogen) atoms. The molecule has 0 radical (unpaired) electrons. The van der Waals surface area contributed by atoms with Crippen molar-refractivity contribution < 1.29 is 13.6 Å². The first-order valence-corrected chi connectivity index (χ1v) is 9.23. The Bertz CT molecular complexity index is 883. The molecule has 0 saturated carbocycles. The summed E-state index contributed by atoms with van der Waals surface area (Å²) in [4.78, 5) is 16.4. The van der Waals surface area contributed by atoms with Gasteiger partial charge in [0, 0.05) is 12.1 Å². The van der Waals surface area contributed by atoms with Gasteiger partial charge in [0.1, 0.15) is 25.0 Å². The van der Waals surface area contributed by atoms with E-state index in [0.717, 1.165) is 0 Å². The van der Waals surface area contributed by atoms with E-state index in [2.05, 4.69) is 25.6 Å². The SMILES string of the molecule is CC(C)C(Sc1nnc(Cn2cncn2)o1)C(=O)NCc1ccccc1F. The lowest BCUT2D eigenvalue weighted by molar-refractivity contribution is -0.121. The van der Waals surface area contributed by atoms with Crippen molar-refractivity contribution in [2.24, 2.45) is 5.92 Å². The summed E-state index contributed by atoms with van der Waals surface area (Å²) >= 11 is 1.19. The second-order valence-electron chi connectivity index (χ2n) is 6.15. The van der Waals surface area contributed by atoms with Crippen LogP contribution in [0.3, 0.4) is 0 Å². The number of hydrogen-bond acceptors (Lipinski definition) is 7. The van der Waals surface area contributed by atoms with Crippen molar-refractivity contribution in [3.8, 4) is 0 Å². The van der Waals surface area contributed by atoms with Crippen LogP contribution in [-0.2, 0) is 17.9 Å². The van der Waals surface area contributed by atoms with Crippen LogP contribution in [0.2, 0.25) is 0 Å². The number of carbonyl (C=O) groups excluding carboxylic acids is 1. The molecule has 3 rings (SSSR count). The largest absolute Gasteiger partial charge is 0.414 e.